The van der Waals surface area contributed by atoms with E-state index in [1.54, 1.807) is 30.5 Å². The highest BCUT2D eigenvalue weighted by molar-refractivity contribution is 6.31. The fourth-order valence-electron chi connectivity index (χ4n) is 3.41. The van der Waals surface area contributed by atoms with Gasteiger partial charge in [-0.2, -0.15) is 4.98 Å². The molecule has 31 heavy (non-hydrogen) atoms. The smallest absolute Gasteiger partial charge is 0.302 e. The van der Waals surface area contributed by atoms with Crippen molar-refractivity contribution in [3.05, 3.63) is 76.9 Å². The van der Waals surface area contributed by atoms with E-state index in [1.807, 2.05) is 37.3 Å². The Bertz CT molecular complexity index is 1480. The summed E-state index contributed by atoms with van der Waals surface area (Å²) in [7, 11) is 0. The number of carbonyl (C=O) groups is 1. The number of amides is 1. The number of hydrogen-bond donors (Lipinski definition) is 2. The molecule has 0 unspecified atom stereocenters. The molecule has 0 saturated heterocycles. The van der Waals surface area contributed by atoms with Crippen LogP contribution < -0.4 is 11.1 Å². The summed E-state index contributed by atoms with van der Waals surface area (Å²) < 4.78 is 5.59. The van der Waals surface area contributed by atoms with E-state index in [1.165, 1.54) is 0 Å². The lowest BCUT2D eigenvalue weighted by Gasteiger charge is -2.10. The number of rotatable bonds is 3. The second kappa shape index (κ2) is 7.37. The normalized spacial score (nSPS) is 11.2. The predicted molar refractivity (Wildman–Crippen MR) is 121 cm³/mol. The number of nitrogens with zero attached hydrogens (tertiary/aromatic N) is 3. The minimum Gasteiger partial charge on any atom is -0.423 e. The van der Waals surface area contributed by atoms with Crippen LogP contribution >= 0.6 is 11.6 Å². The van der Waals surface area contributed by atoms with Gasteiger partial charge in [-0.25, -0.2) is 9.97 Å². The minimum absolute atomic E-state index is 0.116. The molecule has 0 fully saturated rings. The molecule has 152 valence electrons. The second-order valence-electron chi connectivity index (χ2n) is 7.12. The summed E-state index contributed by atoms with van der Waals surface area (Å²) in [6, 6.07) is 16.5. The number of halogens is 1. The van der Waals surface area contributed by atoms with Crippen LogP contribution in [0.25, 0.3) is 33.1 Å². The van der Waals surface area contributed by atoms with Crippen molar-refractivity contribution in [1.82, 2.24) is 15.0 Å². The Hall–Kier alpha value is -3.97. The Morgan fingerprint density at radius 2 is 1.90 bits per heavy atom. The number of aromatic nitrogens is 3. The highest BCUT2D eigenvalue weighted by Crippen LogP contribution is 2.28. The molecule has 7 nitrogen and oxygen atoms in total. The Labute approximate surface area is 181 Å². The fraction of sp³-hybridized carbons (Fsp3) is 0.0435. The van der Waals surface area contributed by atoms with E-state index < -0.39 is 0 Å². The van der Waals surface area contributed by atoms with Gasteiger partial charge < -0.3 is 10.2 Å². The zero-order valence-electron chi connectivity index (χ0n) is 16.4. The first kappa shape index (κ1) is 19.0. The summed E-state index contributed by atoms with van der Waals surface area (Å²) in [6.07, 6.45) is 1.69. The summed E-state index contributed by atoms with van der Waals surface area (Å²) in [5, 5.41) is 4.12. The third-order valence-electron chi connectivity index (χ3n) is 4.98. The summed E-state index contributed by atoms with van der Waals surface area (Å²) in [5.41, 5.74) is 10.9. The first-order valence-electron chi connectivity index (χ1n) is 9.47. The van der Waals surface area contributed by atoms with Crippen LogP contribution in [0.2, 0.25) is 5.02 Å². The van der Waals surface area contributed by atoms with Gasteiger partial charge in [0.1, 0.15) is 5.52 Å². The quantitative estimate of drug-likeness (QED) is 0.406. The van der Waals surface area contributed by atoms with Crippen molar-refractivity contribution in [2.45, 2.75) is 6.92 Å². The van der Waals surface area contributed by atoms with E-state index in [4.69, 9.17) is 21.8 Å². The first-order valence-corrected chi connectivity index (χ1v) is 9.85. The standard InChI is InChI=1S/C23H16ClN5O2/c1-12-2-3-14(21(30)29-23-28-19-10-16(24)5-7-20(19)31-23)9-17(12)13-4-6-18-15(8-13)11-26-22(25)27-18/h2-11H,1H3,(H2,25,26,27)(H,28,29,30). The van der Waals surface area contributed by atoms with E-state index in [9.17, 15) is 4.79 Å². The van der Waals surface area contributed by atoms with Crippen molar-refractivity contribution in [2.75, 3.05) is 11.1 Å². The van der Waals surface area contributed by atoms with Crippen LogP contribution in [0, 0.1) is 6.92 Å². The third-order valence-corrected chi connectivity index (χ3v) is 5.21. The Balaban J connectivity index is 1.47. The van der Waals surface area contributed by atoms with Crippen LogP contribution in [0.4, 0.5) is 12.0 Å². The van der Waals surface area contributed by atoms with Gasteiger partial charge in [0.05, 0.1) is 5.52 Å². The summed E-state index contributed by atoms with van der Waals surface area (Å²) in [4.78, 5) is 25.4. The Morgan fingerprint density at radius 1 is 1.03 bits per heavy atom. The molecular weight excluding hydrogens is 414 g/mol. The lowest BCUT2D eigenvalue weighted by Crippen LogP contribution is -2.12. The zero-order chi connectivity index (χ0) is 21.5. The maximum atomic E-state index is 12.8. The highest BCUT2D eigenvalue weighted by Gasteiger charge is 2.14. The number of aryl methyl sites for hydroxylation is 1. The molecular formula is C23H16ClN5O2. The number of anilines is 2. The number of nitrogen functional groups attached to an aromatic ring is 1. The number of hydrogen-bond acceptors (Lipinski definition) is 6. The summed E-state index contributed by atoms with van der Waals surface area (Å²) in [6.45, 7) is 1.99. The molecule has 0 saturated carbocycles. The minimum atomic E-state index is -0.323. The maximum absolute atomic E-state index is 12.8. The highest BCUT2D eigenvalue weighted by atomic mass is 35.5. The molecule has 0 radical (unpaired) electrons. The van der Waals surface area contributed by atoms with Crippen molar-refractivity contribution in [2.24, 2.45) is 0 Å². The molecule has 5 aromatic rings. The number of fused-ring (bicyclic) bond motifs is 2. The molecule has 2 aromatic heterocycles. The molecule has 3 aromatic carbocycles. The van der Waals surface area contributed by atoms with Gasteiger partial charge >= 0.3 is 6.01 Å². The Morgan fingerprint density at radius 3 is 2.77 bits per heavy atom. The predicted octanol–water partition coefficient (Wildman–Crippen LogP) is 5.23. The number of benzene rings is 3. The lowest BCUT2D eigenvalue weighted by molar-refractivity contribution is 0.102. The van der Waals surface area contributed by atoms with Crippen LogP contribution in [0.3, 0.4) is 0 Å². The maximum Gasteiger partial charge on any atom is 0.302 e. The topological polar surface area (TPSA) is 107 Å². The molecule has 0 spiro atoms. The van der Waals surface area contributed by atoms with Crippen molar-refractivity contribution in [3.63, 3.8) is 0 Å². The first-order chi connectivity index (χ1) is 15.0. The molecule has 0 aliphatic heterocycles. The van der Waals surface area contributed by atoms with E-state index in [0.29, 0.717) is 21.7 Å². The largest absolute Gasteiger partial charge is 0.423 e. The average Bonchev–Trinajstić information content (AvgIpc) is 3.15. The SMILES string of the molecule is Cc1ccc(C(=O)Nc2nc3cc(Cl)ccc3o2)cc1-c1ccc2nc(N)ncc2c1. The van der Waals surface area contributed by atoms with Gasteiger partial charge in [0.2, 0.25) is 5.95 Å². The molecule has 0 atom stereocenters. The Kier molecular flexibility index (Phi) is 4.52. The van der Waals surface area contributed by atoms with Crippen molar-refractivity contribution < 1.29 is 9.21 Å². The monoisotopic (exact) mass is 429 g/mol. The van der Waals surface area contributed by atoms with E-state index >= 15 is 0 Å². The summed E-state index contributed by atoms with van der Waals surface area (Å²) >= 11 is 5.98. The zero-order valence-corrected chi connectivity index (χ0v) is 17.1. The van der Waals surface area contributed by atoms with Gasteiger partial charge in [-0.1, -0.05) is 23.7 Å². The van der Waals surface area contributed by atoms with Gasteiger partial charge in [0.25, 0.3) is 5.91 Å². The molecule has 0 aliphatic rings. The molecule has 5 rings (SSSR count). The van der Waals surface area contributed by atoms with Gasteiger partial charge in [-0.3, -0.25) is 10.1 Å². The molecule has 3 N–H and O–H groups in total. The molecule has 1 amide bonds. The van der Waals surface area contributed by atoms with Crippen molar-refractivity contribution >= 4 is 51.5 Å². The van der Waals surface area contributed by atoms with E-state index in [2.05, 4.69) is 20.3 Å². The number of oxazole rings is 1. The average molecular weight is 430 g/mol. The van der Waals surface area contributed by atoms with Crippen molar-refractivity contribution in [3.8, 4) is 11.1 Å². The molecule has 2 heterocycles. The number of nitrogens with one attached hydrogen (secondary N) is 1. The van der Waals surface area contributed by atoms with Crippen molar-refractivity contribution in [1.29, 1.82) is 0 Å². The van der Waals surface area contributed by atoms with Crippen LogP contribution in [0.5, 0.6) is 0 Å². The van der Waals surface area contributed by atoms with Crippen LogP contribution in [-0.4, -0.2) is 20.9 Å². The van der Waals surface area contributed by atoms with E-state index in [0.717, 1.165) is 27.6 Å². The van der Waals surface area contributed by atoms with Crippen LogP contribution in [0.1, 0.15) is 15.9 Å². The van der Waals surface area contributed by atoms with Gasteiger partial charge in [0, 0.05) is 22.2 Å². The lowest BCUT2D eigenvalue weighted by atomic mass is 9.97. The summed E-state index contributed by atoms with van der Waals surface area (Å²) in [5.74, 6) is -0.0904. The van der Waals surface area contributed by atoms with Gasteiger partial charge in [-0.05, 0) is 66.1 Å². The third kappa shape index (κ3) is 3.67. The molecule has 0 bridgehead atoms. The van der Waals surface area contributed by atoms with Crippen LogP contribution in [-0.2, 0) is 0 Å². The molecule has 8 heteroatoms. The number of carbonyl (C=O) groups excluding carboxylic acids is 1. The van der Waals surface area contributed by atoms with Gasteiger partial charge in [-0.15, -0.1) is 0 Å². The van der Waals surface area contributed by atoms with E-state index in [-0.39, 0.29) is 17.9 Å². The second-order valence-corrected chi connectivity index (χ2v) is 7.55. The van der Waals surface area contributed by atoms with Gasteiger partial charge in [0.15, 0.2) is 5.58 Å². The fourth-order valence-corrected chi connectivity index (χ4v) is 3.58. The molecule has 0 aliphatic carbocycles. The van der Waals surface area contributed by atoms with Crippen LogP contribution in [0.15, 0.2) is 65.2 Å². The number of nitrogens with two attached hydrogens (primary N) is 1.